The second-order valence-corrected chi connectivity index (χ2v) is 9.53. The van der Waals surface area contributed by atoms with Crippen molar-refractivity contribution >= 4 is 23.4 Å². The van der Waals surface area contributed by atoms with Gasteiger partial charge in [0, 0.05) is 28.6 Å². The summed E-state index contributed by atoms with van der Waals surface area (Å²) in [7, 11) is 1.18. The van der Waals surface area contributed by atoms with E-state index in [0.717, 1.165) is 35.3 Å². The number of alkyl halides is 3. The molecule has 0 saturated heterocycles. The van der Waals surface area contributed by atoms with Gasteiger partial charge in [0.1, 0.15) is 24.3 Å². The fraction of sp³-hybridized carbons (Fsp3) is 0.370. The number of methoxy groups -OCH3 is 1. The van der Waals surface area contributed by atoms with Crippen LogP contribution >= 0.6 is 11.6 Å². The topological polar surface area (TPSA) is 155 Å². The van der Waals surface area contributed by atoms with E-state index in [9.17, 15) is 27.1 Å². The van der Waals surface area contributed by atoms with Crippen LogP contribution in [-0.4, -0.2) is 65.2 Å². The van der Waals surface area contributed by atoms with Crippen molar-refractivity contribution in [1.82, 2.24) is 20.2 Å². The predicted octanol–water partition coefficient (Wildman–Crippen LogP) is 3.85. The van der Waals surface area contributed by atoms with Crippen LogP contribution in [0.1, 0.15) is 35.8 Å². The van der Waals surface area contributed by atoms with Crippen molar-refractivity contribution in [3.63, 3.8) is 0 Å². The highest BCUT2D eigenvalue weighted by Crippen LogP contribution is 2.36. The zero-order valence-electron chi connectivity index (χ0n) is 23.8. The van der Waals surface area contributed by atoms with Crippen LogP contribution in [0.25, 0.3) is 11.3 Å². The molecule has 44 heavy (non-hydrogen) atoms. The molecule has 1 heterocycles. The molecule has 0 spiro atoms. The maximum Gasteiger partial charge on any atom is 0.418 e. The second kappa shape index (κ2) is 15.4. The average molecular weight is 648 g/mol. The number of aliphatic hydroxyl groups is 1. The van der Waals surface area contributed by atoms with Gasteiger partial charge in [-0.1, -0.05) is 11.6 Å². The number of aryl methyl sites for hydroxylation is 1. The SMILES string of the molecule is CCONCC(N)OC(c1nc(C)nn1-c1cc(Cl)ccc1C(F)(F)F)[C@@H](O)CN=CC(=CN)c1ccc(OC)c(F)c1F. The molecule has 3 rings (SSSR count). The Morgan fingerprint density at radius 1 is 1.23 bits per heavy atom. The number of hydroxylamine groups is 1. The lowest BCUT2D eigenvalue weighted by Crippen LogP contribution is -2.40. The zero-order valence-corrected chi connectivity index (χ0v) is 24.5. The highest BCUT2D eigenvalue weighted by Gasteiger charge is 2.37. The second-order valence-electron chi connectivity index (χ2n) is 9.09. The summed E-state index contributed by atoms with van der Waals surface area (Å²) in [5, 5.41) is 15.3. The number of hydrogen-bond acceptors (Lipinski definition) is 10. The summed E-state index contributed by atoms with van der Waals surface area (Å²) in [6, 6.07) is 5.32. The summed E-state index contributed by atoms with van der Waals surface area (Å²) < 4.78 is 82.1. The smallest absolute Gasteiger partial charge is 0.418 e. The Kier molecular flexibility index (Phi) is 12.2. The van der Waals surface area contributed by atoms with E-state index in [1.165, 1.54) is 26.2 Å². The molecular formula is C27H31ClF5N7O4. The Labute approximate surface area is 254 Å². The molecule has 6 N–H and O–H groups in total. The van der Waals surface area contributed by atoms with Crippen molar-refractivity contribution in [1.29, 1.82) is 0 Å². The summed E-state index contributed by atoms with van der Waals surface area (Å²) in [5.41, 5.74) is 12.4. The van der Waals surface area contributed by atoms with Crippen LogP contribution in [0.4, 0.5) is 22.0 Å². The fourth-order valence-corrected chi connectivity index (χ4v) is 4.15. The van der Waals surface area contributed by atoms with E-state index in [1.54, 1.807) is 6.92 Å². The van der Waals surface area contributed by atoms with Gasteiger partial charge in [-0.15, -0.1) is 0 Å². The number of nitrogens with zero attached hydrogens (tertiary/aromatic N) is 4. The molecule has 0 aliphatic carbocycles. The van der Waals surface area contributed by atoms with Gasteiger partial charge in [-0.2, -0.15) is 28.1 Å². The molecule has 2 unspecified atom stereocenters. The largest absolute Gasteiger partial charge is 0.494 e. The van der Waals surface area contributed by atoms with Gasteiger partial charge in [0.25, 0.3) is 0 Å². The number of nitrogens with one attached hydrogen (secondary N) is 1. The molecule has 2 aromatic carbocycles. The molecule has 0 bridgehead atoms. The number of aromatic nitrogens is 3. The number of rotatable bonds is 14. The van der Waals surface area contributed by atoms with Crippen LogP contribution in [0.5, 0.6) is 5.75 Å². The lowest BCUT2D eigenvalue weighted by molar-refractivity contribution is -0.137. The number of aliphatic hydroxyl groups excluding tert-OH is 1. The fourth-order valence-electron chi connectivity index (χ4n) is 3.99. The van der Waals surface area contributed by atoms with Crippen molar-refractivity contribution in [2.45, 2.75) is 38.5 Å². The van der Waals surface area contributed by atoms with E-state index in [4.69, 9.17) is 37.4 Å². The van der Waals surface area contributed by atoms with E-state index in [1.807, 2.05) is 0 Å². The first kappa shape index (κ1) is 34.8. The lowest BCUT2D eigenvalue weighted by atomic mass is 10.1. The number of hydrogen-bond donors (Lipinski definition) is 4. The number of aliphatic imine (C=N–C) groups is 1. The van der Waals surface area contributed by atoms with Crippen LogP contribution < -0.4 is 21.7 Å². The van der Waals surface area contributed by atoms with Crippen molar-refractivity contribution in [3.8, 4) is 11.4 Å². The highest BCUT2D eigenvalue weighted by molar-refractivity contribution is 6.30. The van der Waals surface area contributed by atoms with E-state index in [-0.39, 0.29) is 40.1 Å². The van der Waals surface area contributed by atoms with Crippen molar-refractivity contribution in [2.24, 2.45) is 16.5 Å². The summed E-state index contributed by atoms with van der Waals surface area (Å²) in [4.78, 5) is 13.3. The third kappa shape index (κ3) is 8.49. The molecule has 11 nitrogen and oxygen atoms in total. The summed E-state index contributed by atoms with van der Waals surface area (Å²) in [5.74, 6) is -3.01. The standard InChI is InChI=1S/C27H31ClF5N7O4/c1-4-43-37-13-22(35)44-25(20(41)12-36-11-15(10-34)17-6-8-21(42-3)24(30)23(17)29)26-38-14(2)39-40(26)19-9-16(28)5-7-18(19)27(31,32)33/h5-11,20,22,25,37,41H,4,12-13,34-35H2,1-3H3/t20-,22?,25?/m0/s1. The monoisotopic (exact) mass is 647 g/mol. The molecule has 0 radical (unpaired) electrons. The van der Waals surface area contributed by atoms with Gasteiger partial charge < -0.3 is 30.9 Å². The quantitative estimate of drug-likeness (QED) is 0.0671. The zero-order chi connectivity index (χ0) is 32.6. The van der Waals surface area contributed by atoms with Crippen LogP contribution in [0.3, 0.4) is 0 Å². The number of benzene rings is 2. The molecular weight excluding hydrogens is 617 g/mol. The Morgan fingerprint density at radius 2 is 1.95 bits per heavy atom. The third-order valence-electron chi connectivity index (χ3n) is 5.97. The van der Waals surface area contributed by atoms with Gasteiger partial charge in [0.2, 0.25) is 5.82 Å². The Bertz CT molecular complexity index is 1490. The van der Waals surface area contributed by atoms with E-state index < -0.39 is 54.0 Å². The molecule has 0 fully saturated rings. The van der Waals surface area contributed by atoms with E-state index in [0.29, 0.717) is 6.61 Å². The van der Waals surface area contributed by atoms with Crippen LogP contribution in [0, 0.1) is 18.6 Å². The molecule has 3 aromatic rings. The van der Waals surface area contributed by atoms with Crippen LogP contribution in [0.2, 0.25) is 5.02 Å². The van der Waals surface area contributed by atoms with Crippen molar-refractivity contribution in [3.05, 3.63) is 76.0 Å². The molecule has 0 amide bonds. The van der Waals surface area contributed by atoms with Gasteiger partial charge >= 0.3 is 6.18 Å². The maximum atomic E-state index is 14.6. The van der Waals surface area contributed by atoms with Gasteiger partial charge in [-0.05, 0) is 44.2 Å². The normalized spacial score (nSPS) is 14.7. The molecule has 240 valence electrons. The van der Waals surface area contributed by atoms with Gasteiger partial charge in [0.05, 0.1) is 38.1 Å². The molecule has 3 atom stereocenters. The van der Waals surface area contributed by atoms with E-state index >= 15 is 0 Å². The highest BCUT2D eigenvalue weighted by atomic mass is 35.5. The van der Waals surface area contributed by atoms with Crippen molar-refractivity contribution < 1.29 is 41.4 Å². The average Bonchev–Trinajstić information content (AvgIpc) is 3.36. The van der Waals surface area contributed by atoms with Gasteiger partial charge in [-0.3, -0.25) is 4.99 Å². The van der Waals surface area contributed by atoms with Crippen LogP contribution in [0.15, 0.2) is 41.5 Å². The molecule has 1 aromatic heterocycles. The summed E-state index contributed by atoms with van der Waals surface area (Å²) >= 11 is 6.03. The lowest BCUT2D eigenvalue weighted by Gasteiger charge is -2.26. The molecule has 0 saturated carbocycles. The molecule has 17 heteroatoms. The maximum absolute atomic E-state index is 14.6. The minimum Gasteiger partial charge on any atom is -0.494 e. The molecule has 0 aliphatic heterocycles. The van der Waals surface area contributed by atoms with Gasteiger partial charge in [0.15, 0.2) is 17.4 Å². The van der Waals surface area contributed by atoms with E-state index in [2.05, 4.69) is 20.6 Å². The Hall–Kier alpha value is -3.67. The number of ether oxygens (including phenoxy) is 2. The minimum absolute atomic E-state index is 0.0179. The first-order chi connectivity index (χ1) is 20.8. The first-order valence-corrected chi connectivity index (χ1v) is 13.4. The first-order valence-electron chi connectivity index (χ1n) is 13.0. The summed E-state index contributed by atoms with van der Waals surface area (Å²) in [6.45, 7) is 2.89. The summed E-state index contributed by atoms with van der Waals surface area (Å²) in [6.07, 6.45) is -7.01. The van der Waals surface area contributed by atoms with Gasteiger partial charge in [-0.25, -0.2) is 14.1 Å². The predicted molar refractivity (Wildman–Crippen MR) is 152 cm³/mol. The van der Waals surface area contributed by atoms with Crippen molar-refractivity contribution in [2.75, 3.05) is 26.8 Å². The Morgan fingerprint density at radius 3 is 2.59 bits per heavy atom. The number of nitrogens with two attached hydrogens (primary N) is 2. The Balaban J connectivity index is 2.00. The third-order valence-corrected chi connectivity index (χ3v) is 6.20. The molecule has 0 aliphatic rings. The van der Waals surface area contributed by atoms with Crippen LogP contribution in [-0.2, 0) is 15.8 Å². The minimum atomic E-state index is -4.80. The number of allylic oxidation sites excluding steroid dienone is 1. The number of halogens is 6.